The van der Waals surface area contributed by atoms with Gasteiger partial charge in [0.2, 0.25) is 0 Å². The summed E-state index contributed by atoms with van der Waals surface area (Å²) in [7, 11) is -2.00. The summed E-state index contributed by atoms with van der Waals surface area (Å²) in [6.07, 6.45) is 0. The first-order chi connectivity index (χ1) is 15.3. The molecule has 0 bridgehead atoms. The molecule has 3 heteroatoms. The van der Waals surface area contributed by atoms with Crippen LogP contribution in [-0.2, 0) is 0 Å². The van der Waals surface area contributed by atoms with Gasteiger partial charge in [0, 0.05) is 0 Å². The third-order valence-electron chi connectivity index (χ3n) is 6.12. The molecule has 4 aromatic rings. The molecular formula is C28H26O2P+. The minimum atomic E-state index is -2.00. The summed E-state index contributed by atoms with van der Waals surface area (Å²) in [5.74, 6) is 1.69. The summed E-state index contributed by atoms with van der Waals surface area (Å²) < 4.78 is 11.7. The van der Waals surface area contributed by atoms with Gasteiger partial charge in [-0.05, 0) is 61.0 Å². The average molecular weight is 425 g/mol. The normalized spacial score (nSPS) is 14.1. The summed E-state index contributed by atoms with van der Waals surface area (Å²) in [6.45, 7) is 3.57. The van der Waals surface area contributed by atoms with Crippen LogP contribution in [0, 0.1) is 0 Å². The lowest BCUT2D eigenvalue weighted by Gasteiger charge is -2.33. The van der Waals surface area contributed by atoms with E-state index in [1.165, 1.54) is 21.5 Å². The fourth-order valence-corrected chi connectivity index (χ4v) is 9.42. The van der Waals surface area contributed by atoms with Crippen LogP contribution in [0.5, 0.6) is 11.5 Å². The Labute approximate surface area is 184 Å². The molecule has 0 amide bonds. The van der Waals surface area contributed by atoms with Gasteiger partial charge in [-0.3, -0.25) is 0 Å². The largest absolute Gasteiger partial charge is 0.486 e. The van der Waals surface area contributed by atoms with E-state index in [0.717, 1.165) is 11.5 Å². The summed E-state index contributed by atoms with van der Waals surface area (Å²) in [6, 6.07) is 39.5. The van der Waals surface area contributed by atoms with Gasteiger partial charge in [-0.2, -0.15) is 0 Å². The Balaban J connectivity index is 1.77. The van der Waals surface area contributed by atoms with Crippen molar-refractivity contribution in [1.82, 2.24) is 0 Å². The molecule has 0 radical (unpaired) electrons. The Hall–Kier alpha value is -3.09. The smallest absolute Gasteiger partial charge is 0.161 e. The zero-order chi connectivity index (χ0) is 21.1. The molecule has 0 aromatic heterocycles. The zero-order valence-corrected chi connectivity index (χ0v) is 18.5. The van der Waals surface area contributed by atoms with Crippen molar-refractivity contribution in [1.29, 1.82) is 0 Å². The van der Waals surface area contributed by atoms with Crippen LogP contribution in [0.3, 0.4) is 0 Å². The highest BCUT2D eigenvalue weighted by molar-refractivity contribution is 7.95. The second kappa shape index (κ2) is 8.57. The van der Waals surface area contributed by atoms with Gasteiger partial charge in [0.25, 0.3) is 0 Å². The van der Waals surface area contributed by atoms with Crippen molar-refractivity contribution in [2.45, 2.75) is 12.6 Å². The number of ether oxygens (including phenoxy) is 2. The molecule has 154 valence electrons. The van der Waals surface area contributed by atoms with E-state index in [2.05, 4.69) is 116 Å². The second-order valence-electron chi connectivity index (χ2n) is 7.81. The van der Waals surface area contributed by atoms with Crippen molar-refractivity contribution < 1.29 is 9.47 Å². The van der Waals surface area contributed by atoms with E-state index in [0.29, 0.717) is 13.2 Å². The van der Waals surface area contributed by atoms with E-state index >= 15 is 0 Å². The van der Waals surface area contributed by atoms with Crippen LogP contribution in [0.2, 0.25) is 0 Å². The molecule has 1 heterocycles. The highest BCUT2D eigenvalue weighted by atomic mass is 31.2. The third kappa shape index (κ3) is 3.52. The van der Waals surface area contributed by atoms with Gasteiger partial charge in [-0.25, -0.2) is 0 Å². The molecule has 2 nitrogen and oxygen atoms in total. The first-order valence-electron chi connectivity index (χ1n) is 10.8. The summed E-state index contributed by atoms with van der Waals surface area (Å²) in [5.41, 5.74) is 1.53. The molecule has 0 saturated carbocycles. The van der Waals surface area contributed by atoms with E-state index < -0.39 is 7.26 Å². The molecule has 1 atom stereocenters. The van der Waals surface area contributed by atoms with E-state index in [-0.39, 0.29) is 5.66 Å². The van der Waals surface area contributed by atoms with Crippen molar-refractivity contribution >= 4 is 23.2 Å². The van der Waals surface area contributed by atoms with Crippen LogP contribution in [0.1, 0.15) is 18.1 Å². The molecule has 0 saturated heterocycles. The van der Waals surface area contributed by atoms with Crippen LogP contribution < -0.4 is 25.4 Å². The Morgan fingerprint density at radius 2 is 1.03 bits per heavy atom. The Morgan fingerprint density at radius 1 is 0.581 bits per heavy atom. The third-order valence-corrected chi connectivity index (χ3v) is 10.9. The van der Waals surface area contributed by atoms with Crippen LogP contribution in [-0.4, -0.2) is 13.2 Å². The van der Waals surface area contributed by atoms with E-state index in [9.17, 15) is 0 Å². The maximum atomic E-state index is 5.93. The van der Waals surface area contributed by atoms with E-state index in [1.54, 1.807) is 0 Å². The number of hydrogen-bond acceptors (Lipinski definition) is 2. The summed E-state index contributed by atoms with van der Waals surface area (Å²) >= 11 is 0. The number of hydrogen-bond donors (Lipinski definition) is 0. The van der Waals surface area contributed by atoms with E-state index in [1.807, 2.05) is 0 Å². The Kier molecular flexibility index (Phi) is 5.49. The standard InChI is InChI=1S/C28H26O2P/c1-22(23-17-18-27-28(21-23)30-20-19-29-27)31(24-11-5-2-6-12-24,25-13-7-3-8-14-25)26-15-9-4-10-16-26/h2-18,21-22H,19-20H2,1H3/q+1/t22-/m0/s1. The highest BCUT2D eigenvalue weighted by Gasteiger charge is 2.51. The van der Waals surface area contributed by atoms with Crippen LogP contribution in [0.25, 0.3) is 0 Å². The summed E-state index contributed by atoms with van der Waals surface area (Å²) in [5, 5.41) is 4.15. The quantitative estimate of drug-likeness (QED) is 0.393. The van der Waals surface area contributed by atoms with Gasteiger partial charge in [-0.1, -0.05) is 60.7 Å². The minimum Gasteiger partial charge on any atom is -0.486 e. The molecule has 31 heavy (non-hydrogen) atoms. The molecule has 4 aromatic carbocycles. The molecule has 0 unspecified atom stereocenters. The number of benzene rings is 4. The van der Waals surface area contributed by atoms with Crippen molar-refractivity contribution in [2.75, 3.05) is 13.2 Å². The van der Waals surface area contributed by atoms with Gasteiger partial charge < -0.3 is 9.47 Å². The average Bonchev–Trinajstić information content (AvgIpc) is 2.86. The predicted octanol–water partition coefficient (Wildman–Crippen LogP) is 5.51. The number of rotatable bonds is 5. The van der Waals surface area contributed by atoms with Gasteiger partial charge in [0.1, 0.15) is 42.0 Å². The maximum Gasteiger partial charge on any atom is 0.161 e. The molecule has 0 N–H and O–H groups in total. The van der Waals surface area contributed by atoms with Gasteiger partial charge in [0.15, 0.2) is 11.5 Å². The lowest BCUT2D eigenvalue weighted by atomic mass is 10.1. The van der Waals surface area contributed by atoms with Crippen molar-refractivity contribution in [2.24, 2.45) is 0 Å². The molecule has 0 fully saturated rings. The highest BCUT2D eigenvalue weighted by Crippen LogP contribution is 2.66. The first kappa shape index (κ1) is 19.8. The zero-order valence-electron chi connectivity index (χ0n) is 17.6. The molecule has 1 aliphatic heterocycles. The van der Waals surface area contributed by atoms with Crippen molar-refractivity contribution in [3.63, 3.8) is 0 Å². The fourth-order valence-electron chi connectivity index (χ4n) is 4.65. The van der Waals surface area contributed by atoms with Gasteiger partial charge >= 0.3 is 0 Å². The SMILES string of the molecule is C[C@@H](c1ccc2c(c1)OCCO2)[P+](c1ccccc1)(c1ccccc1)c1ccccc1. The fraction of sp³-hybridized carbons (Fsp3) is 0.143. The molecule has 1 aliphatic rings. The van der Waals surface area contributed by atoms with Gasteiger partial charge in [0.05, 0.1) is 0 Å². The Morgan fingerprint density at radius 3 is 1.52 bits per heavy atom. The topological polar surface area (TPSA) is 18.5 Å². The van der Waals surface area contributed by atoms with Crippen molar-refractivity contribution in [3.05, 3.63) is 115 Å². The summed E-state index contributed by atoms with van der Waals surface area (Å²) in [4.78, 5) is 0. The molecular weight excluding hydrogens is 399 g/mol. The van der Waals surface area contributed by atoms with Gasteiger partial charge in [-0.15, -0.1) is 0 Å². The minimum absolute atomic E-state index is 0.260. The molecule has 0 spiro atoms. The maximum absolute atomic E-state index is 5.93. The number of fused-ring (bicyclic) bond motifs is 1. The lowest BCUT2D eigenvalue weighted by molar-refractivity contribution is 0.171. The van der Waals surface area contributed by atoms with Crippen LogP contribution in [0.4, 0.5) is 0 Å². The lowest BCUT2D eigenvalue weighted by Crippen LogP contribution is -2.34. The van der Waals surface area contributed by atoms with Crippen molar-refractivity contribution in [3.8, 4) is 11.5 Å². The predicted molar refractivity (Wildman–Crippen MR) is 131 cm³/mol. The van der Waals surface area contributed by atoms with E-state index in [4.69, 9.17) is 9.47 Å². The first-order valence-corrected chi connectivity index (χ1v) is 12.6. The second-order valence-corrected chi connectivity index (χ2v) is 11.6. The Bertz CT molecular complexity index is 1050. The van der Waals surface area contributed by atoms with Crippen LogP contribution in [0.15, 0.2) is 109 Å². The molecule has 0 aliphatic carbocycles. The molecule has 5 rings (SSSR count). The monoisotopic (exact) mass is 425 g/mol. The van der Waals surface area contributed by atoms with Crippen LogP contribution >= 0.6 is 7.26 Å².